The lowest BCUT2D eigenvalue weighted by Gasteiger charge is -2.10. The summed E-state index contributed by atoms with van der Waals surface area (Å²) in [6, 6.07) is 6.03. The van der Waals surface area contributed by atoms with Crippen molar-refractivity contribution >= 4 is 37.5 Å². The maximum absolute atomic E-state index is 12.1. The van der Waals surface area contributed by atoms with Gasteiger partial charge in [-0.1, -0.05) is 17.4 Å². The first-order chi connectivity index (χ1) is 11.2. The highest BCUT2D eigenvalue weighted by molar-refractivity contribution is 7.88. The van der Waals surface area contributed by atoms with Gasteiger partial charge >= 0.3 is 0 Å². The summed E-state index contributed by atoms with van der Waals surface area (Å²) < 4.78 is 31.9. The van der Waals surface area contributed by atoms with Crippen LogP contribution in [0.25, 0.3) is 10.2 Å². The lowest BCUT2D eigenvalue weighted by molar-refractivity contribution is -0.118. The number of sulfonamides is 1. The number of thiazole rings is 1. The third-order valence-corrected chi connectivity index (χ3v) is 5.80. The number of aromatic nitrogens is 1. The van der Waals surface area contributed by atoms with Gasteiger partial charge in [0, 0.05) is 20.7 Å². The number of likely N-dealkylation sites (N-methyl/N-ethyl adjacent to an activating group) is 1. The third-order valence-electron chi connectivity index (χ3n) is 3.50. The highest BCUT2D eigenvalue weighted by Gasteiger charge is 2.15. The maximum atomic E-state index is 12.1. The molecular weight excluding hydrogens is 350 g/mol. The summed E-state index contributed by atoms with van der Waals surface area (Å²) in [7, 11) is -0.445. The van der Waals surface area contributed by atoms with E-state index >= 15 is 0 Å². The van der Waals surface area contributed by atoms with E-state index in [0.29, 0.717) is 18.0 Å². The van der Waals surface area contributed by atoms with Crippen molar-refractivity contribution in [3.8, 4) is 0 Å². The van der Waals surface area contributed by atoms with Crippen LogP contribution < -0.4 is 4.80 Å². The number of fused-ring (bicyclic) bond motifs is 1. The fourth-order valence-electron chi connectivity index (χ4n) is 2.11. The Bertz CT molecular complexity index is 912. The van der Waals surface area contributed by atoms with Crippen LogP contribution in [-0.4, -0.2) is 56.8 Å². The minimum Gasteiger partial charge on any atom is -0.383 e. The number of hydrogen-bond donors (Lipinski definition) is 0. The van der Waals surface area contributed by atoms with Crippen LogP contribution in [0.2, 0.25) is 0 Å². The van der Waals surface area contributed by atoms with E-state index in [0.717, 1.165) is 26.3 Å². The molecule has 0 spiro atoms. The van der Waals surface area contributed by atoms with Crippen LogP contribution in [0, 0.1) is 6.92 Å². The normalized spacial score (nSPS) is 13.1. The molecule has 0 aliphatic heterocycles. The SMILES string of the molecule is COCCn1c(=NC(=O)CN(C)S(C)(=O)=O)sc2cc(C)ccc21. The molecule has 0 fully saturated rings. The Labute approximate surface area is 145 Å². The Kier molecular flexibility index (Phi) is 5.92. The van der Waals surface area contributed by atoms with Gasteiger partial charge in [-0.05, 0) is 24.6 Å². The second-order valence-electron chi connectivity index (χ2n) is 5.52. The first kappa shape index (κ1) is 18.8. The quantitative estimate of drug-likeness (QED) is 0.758. The molecule has 0 N–H and O–H groups in total. The van der Waals surface area contributed by atoms with Gasteiger partial charge in [0.1, 0.15) is 0 Å². The van der Waals surface area contributed by atoms with E-state index in [1.165, 1.54) is 18.4 Å². The Balaban J connectivity index is 2.44. The summed E-state index contributed by atoms with van der Waals surface area (Å²) in [4.78, 5) is 16.8. The first-order valence-electron chi connectivity index (χ1n) is 7.30. The number of hydrogen-bond acceptors (Lipinski definition) is 5. The largest absolute Gasteiger partial charge is 0.383 e. The summed E-state index contributed by atoms with van der Waals surface area (Å²) in [5.41, 5.74) is 2.10. The fourth-order valence-corrected chi connectivity index (χ4v) is 3.63. The number of aryl methyl sites for hydroxylation is 1. The molecule has 2 rings (SSSR count). The number of carbonyl (C=O) groups is 1. The topological polar surface area (TPSA) is 81.0 Å². The van der Waals surface area contributed by atoms with Gasteiger partial charge in [0.25, 0.3) is 5.91 Å². The van der Waals surface area contributed by atoms with E-state index in [1.54, 1.807) is 7.11 Å². The molecule has 0 atom stereocenters. The molecule has 1 aromatic heterocycles. The molecule has 1 heterocycles. The number of amides is 1. The molecule has 1 amide bonds. The van der Waals surface area contributed by atoms with Crippen LogP contribution in [0.3, 0.4) is 0 Å². The van der Waals surface area contributed by atoms with Gasteiger partial charge in [-0.3, -0.25) is 4.79 Å². The van der Waals surface area contributed by atoms with E-state index in [-0.39, 0.29) is 6.54 Å². The van der Waals surface area contributed by atoms with Crippen molar-refractivity contribution in [2.24, 2.45) is 4.99 Å². The monoisotopic (exact) mass is 371 g/mol. The van der Waals surface area contributed by atoms with Crippen LogP contribution in [0.4, 0.5) is 0 Å². The van der Waals surface area contributed by atoms with E-state index < -0.39 is 15.9 Å². The summed E-state index contributed by atoms with van der Waals surface area (Å²) in [6.45, 7) is 2.77. The van der Waals surface area contributed by atoms with Crippen molar-refractivity contribution in [1.82, 2.24) is 8.87 Å². The first-order valence-corrected chi connectivity index (χ1v) is 9.96. The third kappa shape index (κ3) is 4.50. The molecule has 132 valence electrons. The highest BCUT2D eigenvalue weighted by atomic mass is 32.2. The van der Waals surface area contributed by atoms with Crippen LogP contribution in [0.15, 0.2) is 23.2 Å². The Hall–Kier alpha value is -1.55. The van der Waals surface area contributed by atoms with Crippen molar-refractivity contribution in [3.05, 3.63) is 28.6 Å². The molecule has 2 aromatic rings. The lowest BCUT2D eigenvalue weighted by atomic mass is 10.2. The predicted octanol–water partition coefficient (Wildman–Crippen LogP) is 0.976. The summed E-state index contributed by atoms with van der Waals surface area (Å²) >= 11 is 1.40. The molecule has 0 radical (unpaired) electrons. The smallest absolute Gasteiger partial charge is 0.263 e. The van der Waals surface area contributed by atoms with Crippen molar-refractivity contribution in [2.45, 2.75) is 13.5 Å². The van der Waals surface area contributed by atoms with E-state index in [1.807, 2.05) is 29.7 Å². The molecule has 1 aromatic carbocycles. The molecule has 0 saturated heterocycles. The molecule has 9 heteroatoms. The molecule has 0 saturated carbocycles. The Morgan fingerprint density at radius 1 is 1.42 bits per heavy atom. The zero-order valence-electron chi connectivity index (χ0n) is 14.1. The van der Waals surface area contributed by atoms with E-state index in [4.69, 9.17) is 4.74 Å². The van der Waals surface area contributed by atoms with E-state index in [9.17, 15) is 13.2 Å². The molecule has 24 heavy (non-hydrogen) atoms. The summed E-state index contributed by atoms with van der Waals surface area (Å²) in [6.07, 6.45) is 1.06. The number of ether oxygens (including phenoxy) is 1. The summed E-state index contributed by atoms with van der Waals surface area (Å²) in [5, 5.41) is 0. The number of methoxy groups -OCH3 is 1. The van der Waals surface area contributed by atoms with Crippen LogP contribution >= 0.6 is 11.3 Å². The van der Waals surface area contributed by atoms with Gasteiger partial charge in [0.2, 0.25) is 10.0 Å². The molecule has 0 aliphatic carbocycles. The number of nitrogens with zero attached hydrogens (tertiary/aromatic N) is 3. The van der Waals surface area contributed by atoms with Crippen molar-refractivity contribution < 1.29 is 17.9 Å². The zero-order valence-corrected chi connectivity index (χ0v) is 15.8. The van der Waals surface area contributed by atoms with Gasteiger partial charge in [-0.2, -0.15) is 9.30 Å². The van der Waals surface area contributed by atoms with Crippen molar-refractivity contribution in [1.29, 1.82) is 0 Å². The molecule has 0 unspecified atom stereocenters. The predicted molar refractivity (Wildman–Crippen MR) is 94.5 cm³/mol. The van der Waals surface area contributed by atoms with Gasteiger partial charge in [-0.15, -0.1) is 0 Å². The second kappa shape index (κ2) is 7.56. The van der Waals surface area contributed by atoms with Gasteiger partial charge in [0.05, 0.1) is 29.6 Å². The number of carbonyl (C=O) groups excluding carboxylic acids is 1. The zero-order chi connectivity index (χ0) is 17.9. The van der Waals surface area contributed by atoms with E-state index in [2.05, 4.69) is 4.99 Å². The average Bonchev–Trinajstić information content (AvgIpc) is 2.80. The minimum atomic E-state index is -3.42. The molecule has 0 bridgehead atoms. The molecular formula is C15H21N3O4S2. The van der Waals surface area contributed by atoms with Crippen molar-refractivity contribution in [3.63, 3.8) is 0 Å². The average molecular weight is 371 g/mol. The number of benzene rings is 1. The highest BCUT2D eigenvalue weighted by Crippen LogP contribution is 2.18. The molecule has 0 aliphatic rings. The molecule has 7 nitrogen and oxygen atoms in total. The minimum absolute atomic E-state index is 0.281. The number of rotatable bonds is 6. The van der Waals surface area contributed by atoms with Gasteiger partial charge in [0.15, 0.2) is 4.80 Å². The maximum Gasteiger partial charge on any atom is 0.263 e. The Morgan fingerprint density at radius 2 is 2.12 bits per heavy atom. The van der Waals surface area contributed by atoms with Crippen LogP contribution in [0.1, 0.15) is 5.56 Å². The van der Waals surface area contributed by atoms with Gasteiger partial charge < -0.3 is 9.30 Å². The Morgan fingerprint density at radius 3 is 2.75 bits per heavy atom. The van der Waals surface area contributed by atoms with Crippen LogP contribution in [0.5, 0.6) is 0 Å². The second-order valence-corrected chi connectivity index (χ2v) is 8.62. The fraction of sp³-hybridized carbons (Fsp3) is 0.467. The standard InChI is InChI=1S/C15H21N3O4S2/c1-11-5-6-12-13(9-11)23-15(18(12)7-8-22-3)16-14(19)10-17(2)24(4,20)21/h5-6,9H,7-8,10H2,1-4H3. The van der Waals surface area contributed by atoms with Gasteiger partial charge in [-0.25, -0.2) is 8.42 Å². The van der Waals surface area contributed by atoms with Crippen LogP contribution in [-0.2, 0) is 26.1 Å². The lowest BCUT2D eigenvalue weighted by Crippen LogP contribution is -2.31. The van der Waals surface area contributed by atoms with Crippen molar-refractivity contribution in [2.75, 3.05) is 33.6 Å². The summed E-state index contributed by atoms with van der Waals surface area (Å²) in [5.74, 6) is -0.502.